The molecule has 0 aliphatic rings. The van der Waals surface area contributed by atoms with E-state index >= 15 is 0 Å². The van der Waals surface area contributed by atoms with Crippen molar-refractivity contribution in [2.24, 2.45) is 3.72 Å². The monoisotopic (exact) mass is 621 g/mol. The van der Waals surface area contributed by atoms with Gasteiger partial charge in [0.05, 0.1) is 10.7 Å². The van der Waals surface area contributed by atoms with Crippen LogP contribution in [-0.4, -0.2) is 24.3 Å². The van der Waals surface area contributed by atoms with Gasteiger partial charge in [0.2, 0.25) is 0 Å². The Morgan fingerprint density at radius 3 is 2.31 bits per heavy atom. The van der Waals surface area contributed by atoms with E-state index in [1.807, 2.05) is 6.07 Å². The topological polar surface area (TPSA) is 62.0 Å². The van der Waals surface area contributed by atoms with Gasteiger partial charge in [0.1, 0.15) is 5.75 Å². The van der Waals surface area contributed by atoms with Gasteiger partial charge in [-0.2, -0.15) is 0 Å². The Kier molecular flexibility index (Phi) is 9.39. The van der Waals surface area contributed by atoms with Crippen LogP contribution in [0.3, 0.4) is 0 Å². The number of halogens is 3. The average molecular weight is 621 g/mol. The normalized spacial score (nSPS) is 8.88. The molecular weight excluding hydrogens is 614 g/mol. The Morgan fingerprint density at radius 1 is 1.44 bits per heavy atom. The molecule has 0 aliphatic carbocycles. The fourth-order valence-electron chi connectivity index (χ4n) is 0.987. The molecule has 0 radical (unpaired) electrons. The van der Waals surface area contributed by atoms with Crippen molar-refractivity contribution in [3.8, 4) is 5.75 Å². The van der Waals surface area contributed by atoms with Gasteiger partial charge >= 0.3 is 34.9 Å². The summed E-state index contributed by atoms with van der Waals surface area (Å²) in [6, 6.07) is 3.60. The van der Waals surface area contributed by atoms with Gasteiger partial charge in [-0.3, -0.25) is 0 Å². The molecule has 0 fully saturated rings. The standard InChI is InChI=1S/C7H7BI2O3.FN.W/c1-13-7-5(8(11)12)2-4(9)3-6(7)10;1-2;/h2-3,11-12H,1H3;;. The van der Waals surface area contributed by atoms with Gasteiger partial charge < -0.3 is 14.8 Å². The zero-order valence-corrected chi connectivity index (χ0v) is 15.3. The summed E-state index contributed by atoms with van der Waals surface area (Å²) in [6.07, 6.45) is 0. The maximum absolute atomic E-state index is 9.95. The van der Waals surface area contributed by atoms with Gasteiger partial charge in [-0.25, -0.2) is 0 Å². The van der Waals surface area contributed by atoms with Crippen molar-refractivity contribution in [3.05, 3.63) is 19.3 Å². The van der Waals surface area contributed by atoms with Crippen LogP contribution < -0.4 is 10.2 Å². The third-order valence-electron chi connectivity index (χ3n) is 1.52. The molecule has 0 atom stereocenters. The maximum atomic E-state index is 9.95. The first kappa shape index (κ1) is 16.9. The van der Waals surface area contributed by atoms with Crippen LogP contribution in [0.25, 0.3) is 0 Å². The van der Waals surface area contributed by atoms with Crippen LogP contribution in [0.1, 0.15) is 0 Å². The van der Waals surface area contributed by atoms with E-state index in [-0.39, 0.29) is 0 Å². The summed E-state index contributed by atoms with van der Waals surface area (Å²) in [5.74, 6) is 0.524. The van der Waals surface area contributed by atoms with E-state index in [0.717, 1.165) is 7.14 Å². The number of rotatable bonds is 2. The second kappa shape index (κ2) is 8.90. The summed E-state index contributed by atoms with van der Waals surface area (Å²) in [6.45, 7) is 0. The molecule has 0 aliphatic heterocycles. The molecule has 16 heavy (non-hydrogen) atoms. The first-order chi connectivity index (χ1) is 7.47. The van der Waals surface area contributed by atoms with Crippen LogP contribution in [0.2, 0.25) is 0 Å². The number of benzene rings is 1. The molecule has 0 amide bonds. The predicted molar refractivity (Wildman–Crippen MR) is 71.8 cm³/mol. The van der Waals surface area contributed by atoms with Crippen molar-refractivity contribution in [3.63, 3.8) is 0 Å². The minimum atomic E-state index is -1.49. The van der Waals surface area contributed by atoms with Gasteiger partial charge in [-0.05, 0) is 57.3 Å². The summed E-state index contributed by atoms with van der Waals surface area (Å²) in [4.78, 5) is 0. The van der Waals surface area contributed by atoms with Crippen molar-refractivity contribution < 1.29 is 38.9 Å². The molecule has 9 heteroatoms. The van der Waals surface area contributed by atoms with E-state index in [9.17, 15) is 4.48 Å². The molecule has 1 aromatic rings. The summed E-state index contributed by atoms with van der Waals surface area (Å²) < 4.78 is 18.9. The van der Waals surface area contributed by atoms with Crippen molar-refractivity contribution in [2.45, 2.75) is 0 Å². The fraction of sp³-hybridized carbons (Fsp3) is 0.143. The van der Waals surface area contributed by atoms with Gasteiger partial charge in [0.25, 0.3) is 0 Å². The molecule has 0 heterocycles. The van der Waals surface area contributed by atoms with Crippen molar-refractivity contribution in [1.82, 2.24) is 0 Å². The molecule has 2 N–H and O–H groups in total. The zero-order chi connectivity index (χ0) is 12.7. The van der Waals surface area contributed by atoms with Crippen LogP contribution in [0.15, 0.2) is 15.9 Å². The Labute approximate surface area is 131 Å². The summed E-state index contributed by atoms with van der Waals surface area (Å²) >= 11 is 4.84. The van der Waals surface area contributed by atoms with Crippen LogP contribution >= 0.6 is 45.2 Å². The Hall–Kier alpha value is 0.883. The number of ether oxygens (including phenoxy) is 1. The zero-order valence-electron chi connectivity index (χ0n) is 8.02. The second-order valence-electron chi connectivity index (χ2n) is 2.45. The van der Waals surface area contributed by atoms with Crippen molar-refractivity contribution >= 4 is 57.8 Å². The molecule has 88 valence electrons. The van der Waals surface area contributed by atoms with E-state index in [0.29, 0.717) is 30.8 Å². The molecular formula is C7H7BFI2NO3W. The Morgan fingerprint density at radius 2 is 1.94 bits per heavy atom. The van der Waals surface area contributed by atoms with Gasteiger partial charge in [-0.15, -0.1) is 0 Å². The van der Waals surface area contributed by atoms with E-state index in [1.54, 1.807) is 6.07 Å². The Bertz CT molecular complexity index is 370. The fourth-order valence-corrected chi connectivity index (χ4v) is 3.10. The van der Waals surface area contributed by atoms with Crippen LogP contribution in [-0.2, 0) is 19.6 Å². The molecule has 0 unspecified atom stereocenters. The second-order valence-corrected chi connectivity index (χ2v) is 5.36. The number of hydrogen-bond donors (Lipinski definition) is 2. The van der Waals surface area contributed by atoms with E-state index < -0.39 is 7.12 Å². The van der Waals surface area contributed by atoms with Gasteiger partial charge in [-0.1, -0.05) is 0 Å². The third kappa shape index (κ3) is 5.48. The predicted octanol–water partition coefficient (Wildman–Crippen LogP) is 1.19. The first-order valence-corrected chi connectivity index (χ1v) is 7.27. The number of methoxy groups -OCH3 is 1. The van der Waals surface area contributed by atoms with Gasteiger partial charge in [0, 0.05) is 9.03 Å². The third-order valence-corrected chi connectivity index (χ3v) is 2.94. The molecule has 1 rings (SSSR count). The first-order valence-electron chi connectivity index (χ1n) is 3.80. The quantitative estimate of drug-likeness (QED) is 0.386. The average Bonchev–Trinajstić information content (AvgIpc) is 2.17. The van der Waals surface area contributed by atoms with E-state index in [2.05, 4.69) is 48.9 Å². The minimum absolute atomic E-state index is 0.402. The summed E-state index contributed by atoms with van der Waals surface area (Å²) in [7, 11) is 0.0224. The number of nitrogens with zero attached hydrogens (tertiary/aromatic N) is 1. The SMILES string of the molecule is COc1c(I)cc(I)cc1B(O)O.F[N]=[W]. The Balaban J connectivity index is 0.000000673. The van der Waals surface area contributed by atoms with Gasteiger partial charge in [0.15, 0.2) is 0 Å². The summed E-state index contributed by atoms with van der Waals surface area (Å²) in [5, 5.41) is 18.1. The van der Waals surface area contributed by atoms with E-state index in [1.165, 1.54) is 7.11 Å². The van der Waals surface area contributed by atoms with Crippen LogP contribution in [0.4, 0.5) is 4.48 Å². The van der Waals surface area contributed by atoms with Crippen molar-refractivity contribution in [1.29, 1.82) is 0 Å². The molecule has 0 saturated heterocycles. The molecule has 0 bridgehead atoms. The van der Waals surface area contributed by atoms with Crippen LogP contribution in [0, 0.1) is 7.14 Å². The molecule has 0 aromatic heterocycles. The number of hydrogen-bond acceptors (Lipinski definition) is 4. The molecule has 0 saturated carbocycles. The van der Waals surface area contributed by atoms with Crippen LogP contribution in [0.5, 0.6) is 5.75 Å². The molecule has 0 spiro atoms. The molecule has 4 nitrogen and oxygen atoms in total. The van der Waals surface area contributed by atoms with E-state index in [4.69, 9.17) is 14.8 Å². The summed E-state index contributed by atoms with van der Waals surface area (Å²) in [5.41, 5.74) is 0.402. The van der Waals surface area contributed by atoms with Crippen molar-refractivity contribution in [2.75, 3.05) is 7.11 Å². The molecule has 1 aromatic carbocycles.